The van der Waals surface area contributed by atoms with Crippen molar-refractivity contribution in [2.45, 2.75) is 25.4 Å². The van der Waals surface area contributed by atoms with Crippen LogP contribution in [0.15, 0.2) is 53.9 Å². The highest BCUT2D eigenvalue weighted by Crippen LogP contribution is 2.36. The van der Waals surface area contributed by atoms with Gasteiger partial charge in [-0.05, 0) is 42.5 Å². The first-order valence-electron chi connectivity index (χ1n) is 7.93. The summed E-state index contributed by atoms with van der Waals surface area (Å²) in [6, 6.07) is 15.2. The Balaban J connectivity index is 1.68. The highest BCUT2D eigenvalue weighted by molar-refractivity contribution is 7.92. The predicted octanol–water partition coefficient (Wildman–Crippen LogP) is 2.72. The number of aryl methyl sites for hydroxylation is 2. The number of hydrogen-bond donors (Lipinski definition) is 2. The molecule has 0 heterocycles. The molecule has 2 aromatic rings. The number of nitrogens with one attached hydrogen (secondary N) is 1. The van der Waals surface area contributed by atoms with E-state index in [4.69, 9.17) is 0 Å². The Labute approximate surface area is 142 Å². The van der Waals surface area contributed by atoms with Gasteiger partial charge in [-0.1, -0.05) is 54.1 Å². The van der Waals surface area contributed by atoms with Crippen LogP contribution in [0.1, 0.15) is 28.7 Å². The molecule has 0 bridgehead atoms. The lowest BCUT2D eigenvalue weighted by Crippen LogP contribution is -2.38. The monoisotopic (exact) mass is 343 g/mol. The average Bonchev–Trinajstić information content (AvgIpc) is 2.91. The molecular formula is C19H21NO3S. The molecule has 1 unspecified atom stereocenters. The van der Waals surface area contributed by atoms with Crippen LogP contribution >= 0.6 is 0 Å². The SMILES string of the molecule is Cc1ccc(/C=C/S(=O)(=O)NCC2(O)CCc3ccccc32)cc1. The van der Waals surface area contributed by atoms with Gasteiger partial charge < -0.3 is 5.11 Å². The Morgan fingerprint density at radius 3 is 2.62 bits per heavy atom. The summed E-state index contributed by atoms with van der Waals surface area (Å²) in [4.78, 5) is 0. The zero-order valence-corrected chi connectivity index (χ0v) is 14.4. The number of fused-ring (bicyclic) bond motifs is 1. The van der Waals surface area contributed by atoms with Crippen LogP contribution in [0.3, 0.4) is 0 Å². The van der Waals surface area contributed by atoms with Crippen LogP contribution in [0.2, 0.25) is 0 Å². The molecule has 1 atom stereocenters. The van der Waals surface area contributed by atoms with Crippen molar-refractivity contribution >= 4 is 16.1 Å². The maximum atomic E-state index is 12.2. The zero-order chi connectivity index (χ0) is 17.2. The van der Waals surface area contributed by atoms with Crippen molar-refractivity contribution in [2.24, 2.45) is 0 Å². The summed E-state index contributed by atoms with van der Waals surface area (Å²) in [6.07, 6.45) is 2.83. The van der Waals surface area contributed by atoms with Crippen LogP contribution in [-0.4, -0.2) is 20.1 Å². The minimum absolute atomic E-state index is 0.0232. The lowest BCUT2D eigenvalue weighted by atomic mass is 9.96. The molecule has 0 radical (unpaired) electrons. The molecule has 0 aliphatic heterocycles. The third-order valence-corrected chi connectivity index (χ3v) is 5.45. The van der Waals surface area contributed by atoms with E-state index in [1.54, 1.807) is 6.08 Å². The molecule has 0 amide bonds. The van der Waals surface area contributed by atoms with Crippen molar-refractivity contribution in [3.8, 4) is 0 Å². The van der Waals surface area contributed by atoms with Crippen LogP contribution in [0.4, 0.5) is 0 Å². The summed E-state index contributed by atoms with van der Waals surface area (Å²) < 4.78 is 26.8. The van der Waals surface area contributed by atoms with Crippen molar-refractivity contribution in [2.75, 3.05) is 6.54 Å². The predicted molar refractivity (Wildman–Crippen MR) is 95.8 cm³/mol. The molecule has 0 fully saturated rings. The van der Waals surface area contributed by atoms with E-state index in [0.29, 0.717) is 6.42 Å². The number of hydrogen-bond acceptors (Lipinski definition) is 3. The maximum Gasteiger partial charge on any atom is 0.233 e. The lowest BCUT2D eigenvalue weighted by Gasteiger charge is -2.23. The van der Waals surface area contributed by atoms with Gasteiger partial charge in [0.1, 0.15) is 5.60 Å². The van der Waals surface area contributed by atoms with E-state index >= 15 is 0 Å². The van der Waals surface area contributed by atoms with E-state index < -0.39 is 15.6 Å². The fraction of sp³-hybridized carbons (Fsp3) is 0.263. The largest absolute Gasteiger partial charge is 0.384 e. The van der Waals surface area contributed by atoms with E-state index in [0.717, 1.165) is 34.1 Å². The molecule has 126 valence electrons. The maximum absolute atomic E-state index is 12.2. The summed E-state index contributed by atoms with van der Waals surface area (Å²) in [6.45, 7) is 1.95. The molecule has 5 heteroatoms. The van der Waals surface area contributed by atoms with Gasteiger partial charge in [-0.15, -0.1) is 0 Å². The second kappa shape index (κ2) is 6.51. The molecule has 3 rings (SSSR count). The van der Waals surface area contributed by atoms with E-state index in [1.807, 2.05) is 55.5 Å². The molecule has 0 spiro atoms. The Bertz CT molecular complexity index is 856. The fourth-order valence-electron chi connectivity index (χ4n) is 2.97. The Hall–Kier alpha value is -1.95. The smallest absolute Gasteiger partial charge is 0.233 e. The molecule has 4 nitrogen and oxygen atoms in total. The zero-order valence-electron chi connectivity index (χ0n) is 13.6. The van der Waals surface area contributed by atoms with Gasteiger partial charge in [-0.25, -0.2) is 13.1 Å². The standard InChI is InChI=1S/C19H21NO3S/c1-15-6-8-16(9-7-15)11-13-24(22,23)20-14-19(21)12-10-17-4-2-3-5-18(17)19/h2-9,11,13,20-21H,10,12,14H2,1H3/b13-11+. The highest BCUT2D eigenvalue weighted by Gasteiger charge is 2.36. The van der Waals surface area contributed by atoms with E-state index in [1.165, 1.54) is 0 Å². The first-order valence-corrected chi connectivity index (χ1v) is 9.48. The van der Waals surface area contributed by atoms with Crippen molar-refractivity contribution < 1.29 is 13.5 Å². The second-order valence-electron chi connectivity index (χ2n) is 6.27. The van der Waals surface area contributed by atoms with Gasteiger partial charge in [0, 0.05) is 12.0 Å². The van der Waals surface area contributed by atoms with Crippen molar-refractivity contribution in [3.05, 3.63) is 76.2 Å². The van der Waals surface area contributed by atoms with Crippen molar-refractivity contribution in [1.29, 1.82) is 0 Å². The van der Waals surface area contributed by atoms with Crippen molar-refractivity contribution in [1.82, 2.24) is 4.72 Å². The van der Waals surface area contributed by atoms with Gasteiger partial charge in [0.15, 0.2) is 0 Å². The number of sulfonamides is 1. The normalized spacial score (nSPS) is 20.4. The van der Waals surface area contributed by atoms with Gasteiger partial charge >= 0.3 is 0 Å². The molecule has 1 aliphatic rings. The van der Waals surface area contributed by atoms with Gasteiger partial charge in [0.05, 0.1) is 0 Å². The molecule has 2 N–H and O–H groups in total. The summed E-state index contributed by atoms with van der Waals surface area (Å²) in [5, 5.41) is 11.9. The molecule has 0 saturated carbocycles. The number of benzene rings is 2. The third kappa shape index (κ3) is 3.75. The molecule has 24 heavy (non-hydrogen) atoms. The minimum atomic E-state index is -3.61. The first kappa shape index (κ1) is 16.9. The Kier molecular flexibility index (Phi) is 4.58. The molecule has 0 aromatic heterocycles. The quantitative estimate of drug-likeness (QED) is 0.877. The van der Waals surface area contributed by atoms with E-state index in [-0.39, 0.29) is 6.54 Å². The first-order chi connectivity index (χ1) is 11.4. The lowest BCUT2D eigenvalue weighted by molar-refractivity contribution is 0.0443. The van der Waals surface area contributed by atoms with E-state index in [9.17, 15) is 13.5 Å². The minimum Gasteiger partial charge on any atom is -0.384 e. The van der Waals surface area contributed by atoms with Gasteiger partial charge in [-0.2, -0.15) is 0 Å². The fourth-order valence-corrected chi connectivity index (χ4v) is 3.84. The van der Waals surface area contributed by atoms with Gasteiger partial charge in [-0.3, -0.25) is 0 Å². The Morgan fingerprint density at radius 1 is 1.17 bits per heavy atom. The summed E-state index contributed by atoms with van der Waals surface area (Å²) >= 11 is 0. The molecule has 0 saturated heterocycles. The van der Waals surface area contributed by atoms with Gasteiger partial charge in [0.25, 0.3) is 0 Å². The topological polar surface area (TPSA) is 66.4 Å². The van der Waals surface area contributed by atoms with Crippen LogP contribution in [0.5, 0.6) is 0 Å². The third-order valence-electron chi connectivity index (χ3n) is 4.41. The van der Waals surface area contributed by atoms with Crippen LogP contribution in [0.25, 0.3) is 6.08 Å². The average molecular weight is 343 g/mol. The molecule has 1 aliphatic carbocycles. The highest BCUT2D eigenvalue weighted by atomic mass is 32.2. The van der Waals surface area contributed by atoms with Crippen LogP contribution in [-0.2, 0) is 22.0 Å². The molecule has 2 aromatic carbocycles. The number of aliphatic hydroxyl groups is 1. The summed E-state index contributed by atoms with van der Waals surface area (Å²) in [7, 11) is -3.61. The summed E-state index contributed by atoms with van der Waals surface area (Å²) in [5.74, 6) is 0. The second-order valence-corrected chi connectivity index (χ2v) is 7.92. The number of rotatable bonds is 5. The Morgan fingerprint density at radius 2 is 1.88 bits per heavy atom. The van der Waals surface area contributed by atoms with E-state index in [2.05, 4.69) is 4.72 Å². The van der Waals surface area contributed by atoms with Crippen LogP contribution in [0, 0.1) is 6.92 Å². The molecular weight excluding hydrogens is 322 g/mol. The summed E-state index contributed by atoms with van der Waals surface area (Å²) in [5.41, 5.74) is 2.69. The van der Waals surface area contributed by atoms with Crippen molar-refractivity contribution in [3.63, 3.8) is 0 Å². The van der Waals surface area contributed by atoms with Crippen LogP contribution < -0.4 is 4.72 Å². The van der Waals surface area contributed by atoms with Gasteiger partial charge in [0.2, 0.25) is 10.0 Å².